The van der Waals surface area contributed by atoms with Crippen LogP contribution in [0, 0.1) is 0 Å². The van der Waals surface area contributed by atoms with Gasteiger partial charge < -0.3 is 19.7 Å². The van der Waals surface area contributed by atoms with E-state index in [1.54, 1.807) is 18.2 Å². The van der Waals surface area contributed by atoms with Crippen molar-refractivity contribution in [2.45, 2.75) is 36.3 Å². The van der Waals surface area contributed by atoms with Crippen molar-refractivity contribution < 1.29 is 19.7 Å². The van der Waals surface area contributed by atoms with Crippen molar-refractivity contribution in [1.82, 2.24) is 0 Å². The van der Waals surface area contributed by atoms with Crippen molar-refractivity contribution in [3.8, 4) is 11.5 Å². The van der Waals surface area contributed by atoms with Gasteiger partial charge in [0.2, 0.25) is 0 Å². The maximum Gasteiger partial charge on any atom is 0.176 e. The van der Waals surface area contributed by atoms with Crippen LogP contribution in [0.1, 0.15) is 34.6 Å². The highest BCUT2D eigenvalue weighted by atomic mass is 35.5. The standard InChI is InChI=1S/C30H25ClO4/c31-23-13-11-22(12-14-23)30-26(21-9-5-2-6-10-21)18-28(32)29(30,33)25-16-15-24(17-27(25)35-30)34-19-20-7-3-1-4-8-20/h1-17,26,28,32-33H,18-19H2/t26-,28?,29-,30-/m0/s1. The number of hydrogen-bond acceptors (Lipinski definition) is 4. The zero-order valence-electron chi connectivity index (χ0n) is 19.0. The second-order valence-corrected chi connectivity index (χ2v) is 9.69. The van der Waals surface area contributed by atoms with Crippen molar-refractivity contribution in [3.63, 3.8) is 0 Å². The summed E-state index contributed by atoms with van der Waals surface area (Å²) in [4.78, 5) is 0. The van der Waals surface area contributed by atoms with Gasteiger partial charge in [-0.05, 0) is 47.4 Å². The Labute approximate surface area is 209 Å². The molecule has 0 spiro atoms. The molecule has 0 radical (unpaired) electrons. The third kappa shape index (κ3) is 3.36. The first-order valence-corrected chi connectivity index (χ1v) is 12.1. The third-order valence-corrected chi connectivity index (χ3v) is 7.61. The molecule has 176 valence electrons. The molecule has 0 amide bonds. The SMILES string of the molecule is OC1C[C@@H](c2ccccc2)[C@]2(c3ccc(Cl)cc3)Oc3cc(OCc4ccccc4)ccc3[C@]12O. The first kappa shape index (κ1) is 22.2. The molecule has 0 aromatic heterocycles. The Balaban J connectivity index is 1.45. The Kier molecular flexibility index (Phi) is 5.33. The van der Waals surface area contributed by atoms with Gasteiger partial charge in [0.1, 0.15) is 18.1 Å². The largest absolute Gasteiger partial charge is 0.489 e. The molecule has 5 heteroatoms. The predicted molar refractivity (Wildman–Crippen MR) is 135 cm³/mol. The van der Waals surface area contributed by atoms with E-state index in [1.165, 1.54) is 0 Å². The van der Waals surface area contributed by atoms with Crippen molar-refractivity contribution in [1.29, 1.82) is 0 Å². The van der Waals surface area contributed by atoms with Crippen LogP contribution in [-0.2, 0) is 17.8 Å². The molecule has 35 heavy (non-hydrogen) atoms. The van der Waals surface area contributed by atoms with Gasteiger partial charge in [-0.1, -0.05) is 84.4 Å². The minimum Gasteiger partial charge on any atom is -0.489 e. The quantitative estimate of drug-likeness (QED) is 0.368. The zero-order chi connectivity index (χ0) is 24.0. The molecular weight excluding hydrogens is 460 g/mol. The van der Waals surface area contributed by atoms with Gasteiger partial charge >= 0.3 is 0 Å². The summed E-state index contributed by atoms with van der Waals surface area (Å²) >= 11 is 6.20. The number of ether oxygens (including phenoxy) is 2. The molecule has 0 saturated heterocycles. The van der Waals surface area contributed by atoms with Gasteiger partial charge in [-0.25, -0.2) is 0 Å². The number of halogens is 1. The monoisotopic (exact) mass is 484 g/mol. The van der Waals surface area contributed by atoms with Gasteiger partial charge in [0.15, 0.2) is 11.2 Å². The molecule has 2 aliphatic rings. The molecule has 1 fully saturated rings. The fourth-order valence-corrected chi connectivity index (χ4v) is 5.87. The minimum absolute atomic E-state index is 0.286. The summed E-state index contributed by atoms with van der Waals surface area (Å²) in [7, 11) is 0. The van der Waals surface area contributed by atoms with Crippen LogP contribution in [0.2, 0.25) is 5.02 Å². The number of fused-ring (bicyclic) bond motifs is 3. The Morgan fingerprint density at radius 1 is 0.886 bits per heavy atom. The topological polar surface area (TPSA) is 58.9 Å². The van der Waals surface area contributed by atoms with Gasteiger partial charge in [0, 0.05) is 22.6 Å². The van der Waals surface area contributed by atoms with Crippen LogP contribution in [0.5, 0.6) is 11.5 Å². The van der Waals surface area contributed by atoms with E-state index in [0.29, 0.717) is 35.1 Å². The summed E-state index contributed by atoms with van der Waals surface area (Å²) in [6.45, 7) is 0.418. The van der Waals surface area contributed by atoms with E-state index >= 15 is 0 Å². The number of hydrogen-bond donors (Lipinski definition) is 2. The van der Waals surface area contributed by atoms with Crippen molar-refractivity contribution in [2.24, 2.45) is 0 Å². The third-order valence-electron chi connectivity index (χ3n) is 7.36. The number of aliphatic hydroxyl groups excluding tert-OH is 1. The fourth-order valence-electron chi connectivity index (χ4n) is 5.74. The molecule has 4 aromatic carbocycles. The van der Waals surface area contributed by atoms with Crippen LogP contribution in [0.15, 0.2) is 103 Å². The molecule has 4 atom stereocenters. The highest BCUT2D eigenvalue weighted by Gasteiger charge is 2.72. The molecule has 1 unspecified atom stereocenters. The molecule has 6 rings (SSSR count). The lowest BCUT2D eigenvalue weighted by atomic mass is 9.71. The van der Waals surface area contributed by atoms with E-state index < -0.39 is 17.3 Å². The van der Waals surface area contributed by atoms with E-state index in [1.807, 2.05) is 84.9 Å². The maximum atomic E-state index is 12.3. The van der Waals surface area contributed by atoms with Crippen LogP contribution in [-0.4, -0.2) is 16.3 Å². The molecule has 2 N–H and O–H groups in total. The Hall–Kier alpha value is -3.31. The summed E-state index contributed by atoms with van der Waals surface area (Å²) in [6, 6.07) is 32.6. The molecule has 1 saturated carbocycles. The van der Waals surface area contributed by atoms with Crippen LogP contribution in [0.4, 0.5) is 0 Å². The van der Waals surface area contributed by atoms with Crippen molar-refractivity contribution >= 4 is 11.6 Å². The highest BCUT2D eigenvalue weighted by Crippen LogP contribution is 2.66. The van der Waals surface area contributed by atoms with E-state index in [2.05, 4.69) is 0 Å². The first-order valence-electron chi connectivity index (χ1n) is 11.7. The minimum atomic E-state index is -1.64. The zero-order valence-corrected chi connectivity index (χ0v) is 19.7. The lowest BCUT2D eigenvalue weighted by molar-refractivity contribution is -0.149. The summed E-state index contributed by atoms with van der Waals surface area (Å²) < 4.78 is 12.8. The van der Waals surface area contributed by atoms with Gasteiger partial charge in [0.25, 0.3) is 0 Å². The van der Waals surface area contributed by atoms with E-state index in [9.17, 15) is 10.2 Å². The second kappa shape index (κ2) is 8.42. The van der Waals surface area contributed by atoms with Crippen LogP contribution in [0.25, 0.3) is 0 Å². The number of benzene rings is 4. The van der Waals surface area contributed by atoms with Gasteiger partial charge in [0.05, 0.1) is 6.10 Å². The van der Waals surface area contributed by atoms with Gasteiger partial charge in [-0.15, -0.1) is 0 Å². The summed E-state index contributed by atoms with van der Waals surface area (Å²) in [6.07, 6.45) is -0.671. The molecule has 1 aliphatic carbocycles. The smallest absolute Gasteiger partial charge is 0.176 e. The number of rotatable bonds is 5. The molecular formula is C30H25ClO4. The summed E-state index contributed by atoms with van der Waals surface area (Å²) in [5.74, 6) is 0.854. The summed E-state index contributed by atoms with van der Waals surface area (Å²) in [5, 5.41) is 24.3. The molecule has 0 bridgehead atoms. The van der Waals surface area contributed by atoms with Crippen LogP contribution in [0.3, 0.4) is 0 Å². The highest BCUT2D eigenvalue weighted by molar-refractivity contribution is 6.30. The van der Waals surface area contributed by atoms with Crippen molar-refractivity contribution in [2.75, 3.05) is 0 Å². The molecule has 4 aromatic rings. The van der Waals surface area contributed by atoms with E-state index in [0.717, 1.165) is 16.7 Å². The van der Waals surface area contributed by atoms with Crippen LogP contribution >= 0.6 is 11.6 Å². The normalized spacial score (nSPS) is 26.6. The molecule has 4 nitrogen and oxygen atoms in total. The average molecular weight is 485 g/mol. The predicted octanol–water partition coefficient (Wildman–Crippen LogP) is 5.94. The fraction of sp³-hybridized carbons (Fsp3) is 0.200. The van der Waals surface area contributed by atoms with Crippen molar-refractivity contribution in [3.05, 3.63) is 130 Å². The first-order chi connectivity index (χ1) is 17.0. The number of aliphatic hydroxyl groups is 2. The Morgan fingerprint density at radius 3 is 2.29 bits per heavy atom. The summed E-state index contributed by atoms with van der Waals surface area (Å²) in [5.41, 5.74) is 0.503. The van der Waals surface area contributed by atoms with E-state index in [-0.39, 0.29) is 5.92 Å². The lowest BCUT2D eigenvalue weighted by Gasteiger charge is -2.40. The Morgan fingerprint density at radius 2 is 1.57 bits per heavy atom. The molecule has 1 aliphatic heterocycles. The average Bonchev–Trinajstić information content (AvgIpc) is 3.29. The van der Waals surface area contributed by atoms with Crippen LogP contribution < -0.4 is 9.47 Å². The lowest BCUT2D eigenvalue weighted by Crippen LogP contribution is -2.51. The Bertz CT molecular complexity index is 1340. The second-order valence-electron chi connectivity index (χ2n) is 9.26. The maximum absolute atomic E-state index is 12.3. The van der Waals surface area contributed by atoms with E-state index in [4.69, 9.17) is 21.1 Å². The van der Waals surface area contributed by atoms with Gasteiger partial charge in [-0.2, -0.15) is 0 Å². The molecule has 1 heterocycles. The van der Waals surface area contributed by atoms with Gasteiger partial charge in [-0.3, -0.25) is 0 Å².